The summed E-state index contributed by atoms with van der Waals surface area (Å²) in [5.41, 5.74) is 1.98. The molecule has 0 fully saturated rings. The van der Waals surface area contributed by atoms with E-state index in [9.17, 15) is 0 Å². The van der Waals surface area contributed by atoms with Crippen molar-refractivity contribution in [3.63, 3.8) is 0 Å². The van der Waals surface area contributed by atoms with Crippen LogP contribution in [0.1, 0.15) is 0 Å². The van der Waals surface area contributed by atoms with Gasteiger partial charge in [-0.3, -0.25) is 0 Å². The lowest BCUT2D eigenvalue weighted by Gasteiger charge is -2.11. The highest BCUT2D eigenvalue weighted by Crippen LogP contribution is 2.43. The van der Waals surface area contributed by atoms with Crippen LogP contribution in [0.25, 0.3) is 11.1 Å². The summed E-state index contributed by atoms with van der Waals surface area (Å²) < 4.78 is 21.5. The third kappa shape index (κ3) is 1.95. The first-order valence-electron chi connectivity index (χ1n) is 5.94. The van der Waals surface area contributed by atoms with Crippen LogP contribution in [0.2, 0.25) is 0 Å². The molecule has 0 amide bonds. The first-order chi connectivity index (χ1) is 9.33. The quantitative estimate of drug-likeness (QED) is 0.847. The Morgan fingerprint density at radius 3 is 2.58 bits per heavy atom. The number of rotatable bonds is 3. The van der Waals surface area contributed by atoms with Crippen molar-refractivity contribution in [2.24, 2.45) is 0 Å². The van der Waals surface area contributed by atoms with Crippen molar-refractivity contribution < 1.29 is 18.9 Å². The van der Waals surface area contributed by atoms with Crippen LogP contribution >= 0.6 is 0 Å². The molecule has 0 atom stereocenters. The molecule has 2 aromatic carbocycles. The van der Waals surface area contributed by atoms with Crippen molar-refractivity contribution in [3.05, 3.63) is 36.4 Å². The average molecular weight is 258 g/mol. The van der Waals surface area contributed by atoms with Gasteiger partial charge < -0.3 is 18.9 Å². The Hall–Kier alpha value is -2.36. The summed E-state index contributed by atoms with van der Waals surface area (Å²) in [5, 5.41) is 0. The molecule has 2 aromatic rings. The topological polar surface area (TPSA) is 36.9 Å². The van der Waals surface area contributed by atoms with Crippen LogP contribution in [-0.2, 0) is 0 Å². The Kier molecular flexibility index (Phi) is 2.91. The van der Waals surface area contributed by atoms with Gasteiger partial charge in [-0.15, -0.1) is 0 Å². The summed E-state index contributed by atoms with van der Waals surface area (Å²) in [6.45, 7) is 0.264. The highest BCUT2D eigenvalue weighted by Gasteiger charge is 2.19. The fraction of sp³-hybridized carbons (Fsp3) is 0.200. The molecule has 4 nitrogen and oxygen atoms in total. The van der Waals surface area contributed by atoms with E-state index < -0.39 is 0 Å². The van der Waals surface area contributed by atoms with E-state index >= 15 is 0 Å². The minimum absolute atomic E-state index is 0.264. The van der Waals surface area contributed by atoms with E-state index in [1.807, 2.05) is 36.4 Å². The highest BCUT2D eigenvalue weighted by molar-refractivity contribution is 5.76. The van der Waals surface area contributed by atoms with Crippen molar-refractivity contribution in [2.45, 2.75) is 0 Å². The molecule has 19 heavy (non-hydrogen) atoms. The Balaban J connectivity index is 2.10. The summed E-state index contributed by atoms with van der Waals surface area (Å²) in [5.74, 6) is 2.94. The molecule has 0 saturated heterocycles. The second kappa shape index (κ2) is 4.72. The van der Waals surface area contributed by atoms with E-state index in [1.165, 1.54) is 0 Å². The lowest BCUT2D eigenvalue weighted by Crippen LogP contribution is -1.94. The number of fused-ring (bicyclic) bond motifs is 1. The number of para-hydroxylation sites is 1. The summed E-state index contributed by atoms with van der Waals surface area (Å²) in [6.07, 6.45) is 0. The molecule has 3 rings (SSSR count). The Morgan fingerprint density at radius 2 is 1.79 bits per heavy atom. The molecule has 0 N–H and O–H groups in total. The third-order valence-electron chi connectivity index (χ3n) is 3.09. The lowest BCUT2D eigenvalue weighted by atomic mass is 10.0. The van der Waals surface area contributed by atoms with Crippen LogP contribution < -0.4 is 18.9 Å². The van der Waals surface area contributed by atoms with Crippen LogP contribution in [0.15, 0.2) is 36.4 Å². The van der Waals surface area contributed by atoms with Gasteiger partial charge in [0.2, 0.25) is 6.79 Å². The van der Waals surface area contributed by atoms with Gasteiger partial charge in [-0.2, -0.15) is 0 Å². The van der Waals surface area contributed by atoms with Gasteiger partial charge in [0, 0.05) is 5.56 Å². The Bertz CT molecular complexity index is 607. The zero-order chi connectivity index (χ0) is 13.2. The molecular formula is C15H14O4. The van der Waals surface area contributed by atoms with Gasteiger partial charge in [-0.05, 0) is 23.8 Å². The molecule has 4 heteroatoms. The van der Waals surface area contributed by atoms with Crippen LogP contribution in [0.3, 0.4) is 0 Å². The molecule has 0 unspecified atom stereocenters. The van der Waals surface area contributed by atoms with Gasteiger partial charge in [-0.1, -0.05) is 18.2 Å². The van der Waals surface area contributed by atoms with Crippen molar-refractivity contribution in [2.75, 3.05) is 21.0 Å². The monoisotopic (exact) mass is 258 g/mol. The predicted molar refractivity (Wildman–Crippen MR) is 71.1 cm³/mol. The van der Waals surface area contributed by atoms with Crippen molar-refractivity contribution in [1.29, 1.82) is 0 Å². The van der Waals surface area contributed by atoms with Gasteiger partial charge in [0.15, 0.2) is 23.0 Å². The van der Waals surface area contributed by atoms with Crippen LogP contribution in [0, 0.1) is 0 Å². The summed E-state index contributed by atoms with van der Waals surface area (Å²) in [6, 6.07) is 11.6. The van der Waals surface area contributed by atoms with E-state index in [0.29, 0.717) is 11.5 Å². The summed E-state index contributed by atoms with van der Waals surface area (Å²) in [7, 11) is 3.24. The minimum atomic E-state index is 0.264. The zero-order valence-electron chi connectivity index (χ0n) is 10.8. The first kappa shape index (κ1) is 11.7. The van der Waals surface area contributed by atoms with E-state index in [4.69, 9.17) is 18.9 Å². The van der Waals surface area contributed by atoms with Crippen molar-refractivity contribution in [1.82, 2.24) is 0 Å². The van der Waals surface area contributed by atoms with E-state index in [-0.39, 0.29) is 6.79 Å². The van der Waals surface area contributed by atoms with Gasteiger partial charge in [-0.25, -0.2) is 0 Å². The van der Waals surface area contributed by atoms with Crippen LogP contribution in [0.4, 0.5) is 0 Å². The minimum Gasteiger partial charge on any atom is -0.493 e. The maximum Gasteiger partial charge on any atom is 0.231 e. The van der Waals surface area contributed by atoms with Crippen LogP contribution in [-0.4, -0.2) is 21.0 Å². The Morgan fingerprint density at radius 1 is 0.947 bits per heavy atom. The van der Waals surface area contributed by atoms with E-state index in [0.717, 1.165) is 22.6 Å². The molecule has 0 aromatic heterocycles. The predicted octanol–water partition coefficient (Wildman–Crippen LogP) is 3.10. The summed E-state index contributed by atoms with van der Waals surface area (Å²) >= 11 is 0. The molecule has 98 valence electrons. The molecule has 0 radical (unpaired) electrons. The molecule has 0 spiro atoms. The maximum atomic E-state index is 5.52. The third-order valence-corrected chi connectivity index (χ3v) is 3.09. The second-order valence-electron chi connectivity index (χ2n) is 4.11. The normalized spacial score (nSPS) is 12.3. The van der Waals surface area contributed by atoms with Crippen molar-refractivity contribution >= 4 is 0 Å². The van der Waals surface area contributed by atoms with Crippen molar-refractivity contribution in [3.8, 4) is 34.1 Å². The van der Waals surface area contributed by atoms with E-state index in [1.54, 1.807) is 14.2 Å². The largest absolute Gasteiger partial charge is 0.493 e. The molecule has 1 aliphatic heterocycles. The SMILES string of the molecule is COc1ccc(-c2cccc3c2OCO3)cc1OC. The standard InChI is InChI=1S/C15H14O4/c1-16-12-7-6-10(8-14(12)17-2)11-4-3-5-13-15(11)19-9-18-13/h3-8H,9H2,1-2H3. The van der Waals surface area contributed by atoms with E-state index in [2.05, 4.69) is 0 Å². The molecule has 0 aliphatic carbocycles. The summed E-state index contributed by atoms with van der Waals surface area (Å²) in [4.78, 5) is 0. The smallest absolute Gasteiger partial charge is 0.231 e. The molecule has 1 aliphatic rings. The van der Waals surface area contributed by atoms with Crippen LogP contribution in [0.5, 0.6) is 23.0 Å². The zero-order valence-corrected chi connectivity index (χ0v) is 10.8. The number of methoxy groups -OCH3 is 2. The van der Waals surface area contributed by atoms with Gasteiger partial charge in [0.25, 0.3) is 0 Å². The fourth-order valence-electron chi connectivity index (χ4n) is 2.16. The number of benzene rings is 2. The molecule has 0 saturated carbocycles. The molecular weight excluding hydrogens is 244 g/mol. The highest BCUT2D eigenvalue weighted by atomic mass is 16.7. The lowest BCUT2D eigenvalue weighted by molar-refractivity contribution is 0.174. The molecule has 0 bridgehead atoms. The fourth-order valence-corrected chi connectivity index (χ4v) is 2.16. The second-order valence-corrected chi connectivity index (χ2v) is 4.11. The van der Waals surface area contributed by atoms with Gasteiger partial charge in [0.05, 0.1) is 14.2 Å². The molecule has 1 heterocycles. The number of hydrogen-bond donors (Lipinski definition) is 0. The van der Waals surface area contributed by atoms with Gasteiger partial charge in [0.1, 0.15) is 0 Å². The number of hydrogen-bond acceptors (Lipinski definition) is 4. The Labute approximate surface area is 111 Å². The first-order valence-corrected chi connectivity index (χ1v) is 5.94. The average Bonchev–Trinajstić information content (AvgIpc) is 2.94. The van der Waals surface area contributed by atoms with Gasteiger partial charge >= 0.3 is 0 Å². The maximum absolute atomic E-state index is 5.52. The number of ether oxygens (including phenoxy) is 4.